The first-order valence-electron chi connectivity index (χ1n) is 7.38. The molecular weight excluding hydrogens is 356 g/mol. The van der Waals surface area contributed by atoms with Crippen molar-refractivity contribution < 1.29 is 27.4 Å². The second kappa shape index (κ2) is 6.77. The molecule has 1 atom stereocenters. The number of hydrogen-bond acceptors (Lipinski definition) is 6. The van der Waals surface area contributed by atoms with Gasteiger partial charge in [-0.05, 0) is 19.9 Å². The number of nitrogens with zero attached hydrogens (tertiary/aromatic N) is 3. The molecule has 0 saturated carbocycles. The lowest BCUT2D eigenvalue weighted by Crippen LogP contribution is -2.56. The van der Waals surface area contributed by atoms with Crippen LogP contribution in [-0.4, -0.2) is 50.5 Å². The molecule has 0 radical (unpaired) electrons. The molecule has 1 aromatic heterocycles. The highest BCUT2D eigenvalue weighted by Gasteiger charge is 2.54. The van der Waals surface area contributed by atoms with Crippen molar-refractivity contribution in [3.8, 4) is 0 Å². The molecule has 25 heavy (non-hydrogen) atoms. The van der Waals surface area contributed by atoms with Crippen LogP contribution in [0.25, 0.3) is 0 Å². The number of halogens is 2. The van der Waals surface area contributed by atoms with E-state index in [1.165, 1.54) is 26.5 Å². The van der Waals surface area contributed by atoms with Crippen molar-refractivity contribution in [1.29, 1.82) is 0 Å². The summed E-state index contributed by atoms with van der Waals surface area (Å²) in [7, 11) is -4.07. The molecule has 0 spiro atoms. The molecule has 1 heterocycles. The van der Waals surface area contributed by atoms with E-state index in [-0.39, 0.29) is 0 Å². The van der Waals surface area contributed by atoms with Crippen molar-refractivity contribution in [2.45, 2.75) is 30.7 Å². The summed E-state index contributed by atoms with van der Waals surface area (Å²) >= 11 is 0. The van der Waals surface area contributed by atoms with Gasteiger partial charge in [-0.3, -0.25) is 0 Å². The van der Waals surface area contributed by atoms with E-state index in [4.69, 9.17) is 5.11 Å². The van der Waals surface area contributed by atoms with Crippen molar-refractivity contribution in [2.24, 2.45) is 0 Å². The molecule has 7 nitrogen and oxygen atoms in total. The zero-order valence-corrected chi connectivity index (χ0v) is 14.5. The van der Waals surface area contributed by atoms with Gasteiger partial charge in [-0.1, -0.05) is 6.07 Å². The van der Waals surface area contributed by atoms with Gasteiger partial charge in [0.15, 0.2) is 9.84 Å². The Morgan fingerprint density at radius 2 is 1.96 bits per heavy atom. The SMILES string of the molecule is CC(C)(C(O)(Cn1cncn1)c1ccc(F)cc1F)S(=O)(=O)CCO. The van der Waals surface area contributed by atoms with Crippen molar-refractivity contribution in [2.75, 3.05) is 12.4 Å². The Balaban J connectivity index is 2.67. The molecule has 1 aromatic carbocycles. The Kier molecular flexibility index (Phi) is 5.26. The van der Waals surface area contributed by atoms with E-state index in [1.807, 2.05) is 0 Å². The molecule has 0 aliphatic rings. The Labute approximate surface area is 143 Å². The lowest BCUT2D eigenvalue weighted by atomic mass is 9.82. The number of aliphatic hydroxyl groups excluding tert-OH is 1. The van der Waals surface area contributed by atoms with Crippen LogP contribution in [0.3, 0.4) is 0 Å². The number of rotatable bonds is 7. The zero-order valence-electron chi connectivity index (χ0n) is 13.7. The van der Waals surface area contributed by atoms with Gasteiger partial charge >= 0.3 is 0 Å². The van der Waals surface area contributed by atoms with Crippen LogP contribution >= 0.6 is 0 Å². The van der Waals surface area contributed by atoms with E-state index in [9.17, 15) is 22.3 Å². The summed E-state index contributed by atoms with van der Waals surface area (Å²) in [4.78, 5) is 3.71. The van der Waals surface area contributed by atoms with Gasteiger partial charge < -0.3 is 10.2 Å². The highest BCUT2D eigenvalue weighted by Crippen LogP contribution is 2.41. The van der Waals surface area contributed by atoms with Crippen molar-refractivity contribution in [1.82, 2.24) is 14.8 Å². The first-order chi connectivity index (χ1) is 11.5. The minimum Gasteiger partial charge on any atom is -0.395 e. The third-order valence-corrected chi connectivity index (χ3v) is 6.98. The first-order valence-corrected chi connectivity index (χ1v) is 9.04. The van der Waals surface area contributed by atoms with E-state index in [0.29, 0.717) is 6.07 Å². The van der Waals surface area contributed by atoms with Crippen molar-refractivity contribution in [3.63, 3.8) is 0 Å². The van der Waals surface area contributed by atoms with E-state index in [2.05, 4.69) is 10.1 Å². The number of aliphatic hydroxyl groups is 2. The Morgan fingerprint density at radius 3 is 2.48 bits per heavy atom. The van der Waals surface area contributed by atoms with E-state index >= 15 is 0 Å². The molecule has 1 unspecified atom stereocenters. The normalized spacial score (nSPS) is 15.1. The average Bonchev–Trinajstić information content (AvgIpc) is 2.99. The molecule has 2 aromatic rings. The lowest BCUT2D eigenvalue weighted by Gasteiger charge is -2.42. The monoisotopic (exact) mass is 375 g/mol. The molecule has 2 rings (SSSR count). The Hall–Kier alpha value is -1.91. The summed E-state index contributed by atoms with van der Waals surface area (Å²) in [5, 5.41) is 24.2. The second-order valence-corrected chi connectivity index (χ2v) is 8.79. The summed E-state index contributed by atoms with van der Waals surface area (Å²) in [6.07, 6.45) is 2.41. The van der Waals surface area contributed by atoms with Gasteiger partial charge in [0.1, 0.15) is 34.6 Å². The van der Waals surface area contributed by atoms with Crippen LogP contribution in [0, 0.1) is 11.6 Å². The fraction of sp³-hybridized carbons (Fsp3) is 0.467. The Bertz CT molecular complexity index is 840. The molecule has 2 N–H and O–H groups in total. The smallest absolute Gasteiger partial charge is 0.160 e. The summed E-state index contributed by atoms with van der Waals surface area (Å²) in [5.41, 5.74) is -2.69. The fourth-order valence-corrected chi connectivity index (χ4v) is 4.05. The number of sulfone groups is 1. The van der Waals surface area contributed by atoms with Gasteiger partial charge in [0.05, 0.1) is 18.9 Å². The molecule has 0 saturated heterocycles. The molecule has 0 aliphatic heterocycles. The van der Waals surface area contributed by atoms with Crippen LogP contribution in [0.4, 0.5) is 8.78 Å². The Morgan fingerprint density at radius 1 is 1.28 bits per heavy atom. The van der Waals surface area contributed by atoms with E-state index in [0.717, 1.165) is 16.8 Å². The highest BCUT2D eigenvalue weighted by molar-refractivity contribution is 7.92. The van der Waals surface area contributed by atoms with Crippen LogP contribution in [0.15, 0.2) is 30.9 Å². The molecule has 0 aliphatic carbocycles. The topological polar surface area (TPSA) is 105 Å². The van der Waals surface area contributed by atoms with Crippen LogP contribution < -0.4 is 0 Å². The number of benzene rings is 1. The van der Waals surface area contributed by atoms with Crippen LogP contribution in [0.5, 0.6) is 0 Å². The lowest BCUT2D eigenvalue weighted by molar-refractivity contribution is -0.0202. The maximum Gasteiger partial charge on any atom is 0.160 e. The third kappa shape index (κ3) is 3.42. The van der Waals surface area contributed by atoms with Gasteiger partial charge in [0.25, 0.3) is 0 Å². The van der Waals surface area contributed by atoms with Crippen LogP contribution in [0.2, 0.25) is 0 Å². The standard InChI is InChI=1S/C15H19F2N3O4S/c1-14(2,25(23,24)6-5-21)15(22,8-20-10-18-9-19-20)12-4-3-11(16)7-13(12)17/h3-4,7,9-10,21-22H,5-6,8H2,1-2H3. The minimum atomic E-state index is -4.07. The maximum absolute atomic E-state index is 14.4. The van der Waals surface area contributed by atoms with Crippen molar-refractivity contribution in [3.05, 3.63) is 48.1 Å². The fourth-order valence-electron chi connectivity index (χ4n) is 2.61. The van der Waals surface area contributed by atoms with Gasteiger partial charge in [0, 0.05) is 11.6 Å². The second-order valence-electron chi connectivity index (χ2n) is 6.13. The summed E-state index contributed by atoms with van der Waals surface area (Å²) < 4.78 is 52.1. The van der Waals surface area contributed by atoms with E-state index in [1.54, 1.807) is 0 Å². The number of aromatic nitrogens is 3. The predicted molar refractivity (Wildman–Crippen MR) is 85.2 cm³/mol. The average molecular weight is 375 g/mol. The predicted octanol–water partition coefficient (Wildman–Crippen LogP) is 0.630. The molecule has 0 bridgehead atoms. The quantitative estimate of drug-likeness (QED) is 0.735. The molecular formula is C15H19F2N3O4S. The number of hydrogen-bond donors (Lipinski definition) is 2. The maximum atomic E-state index is 14.4. The third-order valence-electron chi connectivity index (χ3n) is 4.37. The van der Waals surface area contributed by atoms with E-state index < -0.39 is 56.3 Å². The van der Waals surface area contributed by atoms with Crippen LogP contribution in [0.1, 0.15) is 19.4 Å². The highest BCUT2D eigenvalue weighted by atomic mass is 32.2. The largest absolute Gasteiger partial charge is 0.395 e. The summed E-state index contributed by atoms with van der Waals surface area (Å²) in [5.74, 6) is -2.57. The molecule has 138 valence electrons. The first kappa shape index (κ1) is 19.4. The summed E-state index contributed by atoms with van der Waals surface area (Å²) in [6, 6.07) is 2.49. The molecule has 0 fully saturated rings. The van der Waals surface area contributed by atoms with Gasteiger partial charge in [-0.25, -0.2) is 26.9 Å². The zero-order chi connectivity index (χ0) is 18.9. The molecule has 0 amide bonds. The van der Waals surface area contributed by atoms with Gasteiger partial charge in [0.2, 0.25) is 0 Å². The summed E-state index contributed by atoms with van der Waals surface area (Å²) in [6.45, 7) is 1.35. The van der Waals surface area contributed by atoms with Crippen LogP contribution in [-0.2, 0) is 22.0 Å². The minimum absolute atomic E-state index is 0.393. The molecule has 10 heteroatoms. The van der Waals surface area contributed by atoms with Gasteiger partial charge in [-0.15, -0.1) is 0 Å². The van der Waals surface area contributed by atoms with Crippen molar-refractivity contribution >= 4 is 9.84 Å². The van der Waals surface area contributed by atoms with Gasteiger partial charge in [-0.2, -0.15) is 5.10 Å².